The first-order valence-corrected chi connectivity index (χ1v) is 10.5. The van der Waals surface area contributed by atoms with Gasteiger partial charge < -0.3 is 31.0 Å². The van der Waals surface area contributed by atoms with Crippen molar-refractivity contribution in [3.8, 4) is 11.5 Å². The highest BCUT2D eigenvalue weighted by atomic mass is 16.5. The molecule has 3 N–H and O–H groups in total. The molecule has 30 heavy (non-hydrogen) atoms. The van der Waals surface area contributed by atoms with Gasteiger partial charge in [-0.2, -0.15) is 0 Å². The van der Waals surface area contributed by atoms with Crippen LogP contribution in [-0.4, -0.2) is 70.6 Å². The van der Waals surface area contributed by atoms with Crippen molar-refractivity contribution < 1.29 is 15.2 Å². The molecule has 3 aromatic rings. The molecule has 1 aromatic carbocycles. The first-order chi connectivity index (χ1) is 14.6. The van der Waals surface area contributed by atoms with Gasteiger partial charge in [0.25, 0.3) is 0 Å². The molecule has 1 aliphatic heterocycles. The van der Waals surface area contributed by atoms with Crippen LogP contribution in [0.15, 0.2) is 18.3 Å². The lowest BCUT2D eigenvalue weighted by molar-refractivity contribution is -0.746. The summed E-state index contributed by atoms with van der Waals surface area (Å²) in [4.78, 5) is 6.82. The summed E-state index contributed by atoms with van der Waals surface area (Å²) in [6, 6.07) is 3.78. The molecule has 0 atom stereocenters. The fourth-order valence-electron chi connectivity index (χ4n) is 4.05. The van der Waals surface area contributed by atoms with Gasteiger partial charge in [-0.3, -0.25) is 4.98 Å². The quantitative estimate of drug-likeness (QED) is 0.259. The Morgan fingerprint density at radius 1 is 1.23 bits per heavy atom. The summed E-state index contributed by atoms with van der Waals surface area (Å²) in [5.41, 5.74) is 0.304. The van der Waals surface area contributed by atoms with Crippen molar-refractivity contribution in [1.29, 1.82) is 0 Å². The van der Waals surface area contributed by atoms with Crippen LogP contribution in [0.25, 0.3) is 21.9 Å². The lowest BCUT2D eigenvalue weighted by atomic mass is 10.1. The Kier molecular flexibility index (Phi) is 6.16. The van der Waals surface area contributed by atoms with E-state index in [-0.39, 0.29) is 27.7 Å². The number of fused-ring (bicyclic) bond motifs is 2. The maximum absolute atomic E-state index is 12.6. The van der Waals surface area contributed by atoms with Crippen LogP contribution in [0.2, 0.25) is 0 Å². The number of hydrogen-bond donors (Lipinski definition) is 3. The summed E-state index contributed by atoms with van der Waals surface area (Å²) in [6.07, 6.45) is 4.53. The fourth-order valence-corrected chi connectivity index (χ4v) is 4.05. The average molecular weight is 414 g/mol. The highest BCUT2D eigenvalue weighted by Gasteiger charge is 2.21. The third-order valence-corrected chi connectivity index (χ3v) is 5.77. The molecule has 0 unspecified atom stereocenters. The van der Waals surface area contributed by atoms with Crippen molar-refractivity contribution in [2.45, 2.75) is 31.8 Å². The monoisotopic (exact) mass is 414 g/mol. The number of pyridine rings is 1. The SMILES string of the molecule is CN1CCC(NCCNCCCn2c3c(O)c4ncccc4c([O-])c3n[n+]2[O-])CC1. The fraction of sp³-hybridized carbons (Fsp3) is 0.550. The maximum atomic E-state index is 12.6. The van der Waals surface area contributed by atoms with Gasteiger partial charge in [-0.15, -0.1) is 4.68 Å². The van der Waals surface area contributed by atoms with Crippen LogP contribution < -0.4 is 20.7 Å². The number of phenols is 1. The van der Waals surface area contributed by atoms with Crippen LogP contribution >= 0.6 is 0 Å². The molecule has 0 bridgehead atoms. The highest BCUT2D eigenvalue weighted by molar-refractivity contribution is 6.05. The summed E-state index contributed by atoms with van der Waals surface area (Å²) >= 11 is 0. The van der Waals surface area contributed by atoms with Gasteiger partial charge in [-0.1, -0.05) is 11.8 Å². The Labute approximate surface area is 174 Å². The minimum atomic E-state index is -0.396. The van der Waals surface area contributed by atoms with Gasteiger partial charge in [0.1, 0.15) is 5.52 Å². The van der Waals surface area contributed by atoms with Crippen molar-refractivity contribution in [3.63, 3.8) is 0 Å². The second-order valence-corrected chi connectivity index (χ2v) is 7.89. The smallest absolute Gasteiger partial charge is 0.178 e. The van der Waals surface area contributed by atoms with E-state index in [1.54, 1.807) is 12.1 Å². The van der Waals surface area contributed by atoms with Gasteiger partial charge in [-0.05, 0) is 57.4 Å². The van der Waals surface area contributed by atoms with E-state index in [2.05, 4.69) is 32.7 Å². The van der Waals surface area contributed by atoms with Crippen LogP contribution in [0.1, 0.15) is 19.3 Å². The van der Waals surface area contributed by atoms with E-state index in [0.29, 0.717) is 30.5 Å². The van der Waals surface area contributed by atoms with Crippen LogP contribution in [-0.2, 0) is 6.54 Å². The minimum Gasteiger partial charge on any atom is -0.870 e. The Balaban J connectivity index is 1.32. The topological polar surface area (TPSA) is 128 Å². The van der Waals surface area contributed by atoms with Crippen molar-refractivity contribution in [1.82, 2.24) is 30.3 Å². The molecule has 0 amide bonds. The van der Waals surface area contributed by atoms with Crippen molar-refractivity contribution in [2.24, 2.45) is 0 Å². The number of aromatic nitrogens is 4. The Hall–Kier alpha value is -2.69. The number of hydrogen-bond acceptors (Lipinski definition) is 8. The number of likely N-dealkylation sites (tertiary alicyclic amines) is 1. The number of aromatic hydroxyl groups is 1. The normalized spacial score (nSPS) is 16.0. The molecule has 162 valence electrons. The van der Waals surface area contributed by atoms with Crippen LogP contribution in [0.4, 0.5) is 0 Å². The molecule has 10 heteroatoms. The molecular formula is C20H28N7O3-. The maximum Gasteiger partial charge on any atom is 0.178 e. The van der Waals surface area contributed by atoms with Gasteiger partial charge in [-0.25, -0.2) is 0 Å². The van der Waals surface area contributed by atoms with Gasteiger partial charge in [0.2, 0.25) is 0 Å². The van der Waals surface area contributed by atoms with E-state index in [0.717, 1.165) is 26.2 Å². The van der Waals surface area contributed by atoms with Crippen LogP contribution in [0, 0.1) is 5.21 Å². The molecule has 1 saturated heterocycles. The van der Waals surface area contributed by atoms with Gasteiger partial charge in [0, 0.05) is 35.4 Å². The number of nitrogens with zero attached hydrogens (tertiary/aromatic N) is 5. The lowest BCUT2D eigenvalue weighted by Gasteiger charge is -2.29. The van der Waals surface area contributed by atoms with E-state index >= 15 is 0 Å². The summed E-state index contributed by atoms with van der Waals surface area (Å²) in [5.74, 6) is -0.579. The third-order valence-electron chi connectivity index (χ3n) is 5.77. The largest absolute Gasteiger partial charge is 0.870 e. The standard InChI is InChI=1S/C20H29N7O3/c1-25-12-5-14(6-13-25)22-10-9-21-7-3-11-26-18-17(24-27(26)30)19(28)15-4-2-8-23-16(15)20(18)29/h2,4,8,14,21-22,28-29H,3,5-7,9-13H2,1H3/p-1. The zero-order valence-corrected chi connectivity index (χ0v) is 17.2. The summed E-state index contributed by atoms with van der Waals surface area (Å²) < 4.78 is 1.29. The number of piperidine rings is 1. The first-order valence-electron chi connectivity index (χ1n) is 10.5. The zero-order valence-electron chi connectivity index (χ0n) is 17.2. The van der Waals surface area contributed by atoms with Gasteiger partial charge in [0.15, 0.2) is 16.8 Å². The Bertz CT molecular complexity index is 1010. The Morgan fingerprint density at radius 3 is 2.83 bits per heavy atom. The molecule has 0 spiro atoms. The lowest BCUT2D eigenvalue weighted by Crippen LogP contribution is -2.43. The molecule has 1 aliphatic rings. The summed E-state index contributed by atoms with van der Waals surface area (Å²) in [7, 11) is 2.16. The Morgan fingerprint density at radius 2 is 2.03 bits per heavy atom. The zero-order chi connectivity index (χ0) is 21.1. The second kappa shape index (κ2) is 8.99. The van der Waals surface area contributed by atoms with E-state index < -0.39 is 5.75 Å². The molecule has 2 aromatic heterocycles. The second-order valence-electron chi connectivity index (χ2n) is 7.89. The summed E-state index contributed by atoms with van der Waals surface area (Å²) in [6.45, 7) is 5.08. The number of phenolic OH excluding ortho intramolecular Hbond substituents is 1. The van der Waals surface area contributed by atoms with Crippen molar-refractivity contribution in [2.75, 3.05) is 39.8 Å². The van der Waals surface area contributed by atoms with Crippen LogP contribution in [0.5, 0.6) is 11.5 Å². The predicted molar refractivity (Wildman–Crippen MR) is 111 cm³/mol. The number of benzene rings is 1. The van der Waals surface area contributed by atoms with E-state index in [1.165, 1.54) is 23.7 Å². The first kappa shape index (κ1) is 20.6. The molecular weight excluding hydrogens is 386 g/mol. The number of nitrogens with one attached hydrogen (secondary N) is 2. The van der Waals surface area contributed by atoms with Crippen molar-refractivity contribution >= 4 is 21.9 Å². The minimum absolute atomic E-state index is 0.0294. The third kappa shape index (κ3) is 4.11. The van der Waals surface area contributed by atoms with E-state index in [1.807, 2.05) is 0 Å². The average Bonchev–Trinajstić information content (AvgIpc) is 3.09. The highest BCUT2D eigenvalue weighted by Crippen LogP contribution is 2.37. The van der Waals surface area contributed by atoms with Crippen molar-refractivity contribution in [3.05, 3.63) is 23.5 Å². The molecule has 0 saturated carbocycles. The molecule has 1 fully saturated rings. The predicted octanol–water partition coefficient (Wildman–Crippen LogP) is -0.339. The molecule has 0 aliphatic carbocycles. The molecule has 4 rings (SSSR count). The number of rotatable bonds is 8. The van der Waals surface area contributed by atoms with E-state index in [4.69, 9.17) is 0 Å². The van der Waals surface area contributed by atoms with E-state index in [9.17, 15) is 15.4 Å². The molecule has 3 heterocycles. The number of aryl methyl sites for hydroxylation is 1. The molecule has 0 radical (unpaired) electrons. The molecule has 10 nitrogen and oxygen atoms in total. The summed E-state index contributed by atoms with van der Waals surface area (Å²) in [5, 5.41) is 46.4. The van der Waals surface area contributed by atoms with Crippen LogP contribution in [0.3, 0.4) is 0 Å². The van der Waals surface area contributed by atoms with Gasteiger partial charge in [0.05, 0.1) is 6.54 Å². The van der Waals surface area contributed by atoms with Gasteiger partial charge >= 0.3 is 0 Å².